The standard InChI is InChI=1S/C19H21N3O2S2/c1-2-3-4-5-15-6-12-18(13-7-15)26(23,24)21-17-10-8-16(9-11-17)19-14-25-22-20-19/h6-14,21H,2-5H2,1H3. The molecule has 1 aromatic heterocycles. The maximum absolute atomic E-state index is 12.6. The van der Waals surface area contributed by atoms with E-state index in [1.54, 1.807) is 24.3 Å². The third-order valence-corrected chi connectivity index (χ3v) is 6.00. The van der Waals surface area contributed by atoms with Crippen molar-refractivity contribution < 1.29 is 8.42 Å². The SMILES string of the molecule is CCCCCc1ccc(S(=O)(=O)Nc2ccc(-c3csnn3)cc2)cc1. The number of nitrogens with one attached hydrogen (secondary N) is 1. The van der Waals surface area contributed by atoms with Gasteiger partial charge >= 0.3 is 0 Å². The Labute approximate surface area is 158 Å². The number of benzene rings is 2. The van der Waals surface area contributed by atoms with Crippen molar-refractivity contribution in [3.05, 3.63) is 59.5 Å². The highest BCUT2D eigenvalue weighted by Gasteiger charge is 2.14. The largest absolute Gasteiger partial charge is 0.280 e. The number of rotatable bonds is 8. The lowest BCUT2D eigenvalue weighted by Gasteiger charge is -2.09. The van der Waals surface area contributed by atoms with E-state index in [4.69, 9.17) is 0 Å². The molecule has 0 saturated heterocycles. The zero-order valence-electron chi connectivity index (χ0n) is 14.6. The average Bonchev–Trinajstić information content (AvgIpc) is 3.17. The molecule has 0 saturated carbocycles. The number of unbranched alkanes of at least 4 members (excludes halogenated alkanes) is 2. The van der Waals surface area contributed by atoms with Crippen molar-refractivity contribution >= 4 is 27.2 Å². The lowest BCUT2D eigenvalue weighted by Crippen LogP contribution is -2.12. The first kappa shape index (κ1) is 18.5. The molecule has 0 radical (unpaired) electrons. The fourth-order valence-electron chi connectivity index (χ4n) is 2.63. The minimum absolute atomic E-state index is 0.268. The van der Waals surface area contributed by atoms with Crippen LogP contribution in [-0.4, -0.2) is 18.0 Å². The molecule has 0 aliphatic carbocycles. The molecule has 3 aromatic rings. The van der Waals surface area contributed by atoms with Gasteiger partial charge in [-0.2, -0.15) is 0 Å². The quantitative estimate of drug-likeness (QED) is 0.567. The fraction of sp³-hybridized carbons (Fsp3) is 0.263. The number of sulfonamides is 1. The zero-order valence-corrected chi connectivity index (χ0v) is 16.2. The van der Waals surface area contributed by atoms with Gasteiger partial charge in [-0.25, -0.2) is 8.42 Å². The summed E-state index contributed by atoms with van der Waals surface area (Å²) in [5.41, 5.74) is 3.36. The Morgan fingerprint density at radius 3 is 2.35 bits per heavy atom. The van der Waals surface area contributed by atoms with E-state index in [0.29, 0.717) is 5.69 Å². The summed E-state index contributed by atoms with van der Waals surface area (Å²) in [5.74, 6) is 0. The van der Waals surface area contributed by atoms with Crippen molar-refractivity contribution in [3.63, 3.8) is 0 Å². The van der Waals surface area contributed by atoms with Crippen molar-refractivity contribution in [1.29, 1.82) is 0 Å². The molecular formula is C19H21N3O2S2. The first-order valence-electron chi connectivity index (χ1n) is 8.58. The Morgan fingerprint density at radius 1 is 1.00 bits per heavy atom. The third kappa shape index (κ3) is 4.68. The van der Waals surface area contributed by atoms with Crippen LogP contribution in [0.1, 0.15) is 31.7 Å². The summed E-state index contributed by atoms with van der Waals surface area (Å²) in [5, 5.41) is 5.85. The first-order valence-corrected chi connectivity index (χ1v) is 10.9. The minimum atomic E-state index is -3.60. The van der Waals surface area contributed by atoms with Crippen LogP contribution in [0.15, 0.2) is 58.8 Å². The van der Waals surface area contributed by atoms with Crippen LogP contribution in [0.5, 0.6) is 0 Å². The molecule has 0 amide bonds. The Balaban J connectivity index is 1.68. The predicted molar refractivity (Wildman–Crippen MR) is 106 cm³/mol. The van der Waals surface area contributed by atoms with Crippen molar-refractivity contribution in [2.75, 3.05) is 4.72 Å². The second kappa shape index (κ2) is 8.42. The number of aromatic nitrogens is 2. The lowest BCUT2D eigenvalue weighted by molar-refractivity contribution is 0.601. The number of anilines is 1. The van der Waals surface area contributed by atoms with Gasteiger partial charge in [-0.3, -0.25) is 4.72 Å². The molecule has 7 heteroatoms. The average molecular weight is 388 g/mol. The van der Waals surface area contributed by atoms with E-state index in [9.17, 15) is 8.42 Å². The highest BCUT2D eigenvalue weighted by Crippen LogP contribution is 2.22. The van der Waals surface area contributed by atoms with Crippen LogP contribution in [0.2, 0.25) is 0 Å². The van der Waals surface area contributed by atoms with Crippen LogP contribution in [0.4, 0.5) is 5.69 Å². The highest BCUT2D eigenvalue weighted by atomic mass is 32.2. The predicted octanol–water partition coefficient (Wildman–Crippen LogP) is 4.74. The molecule has 1 heterocycles. The normalized spacial score (nSPS) is 11.4. The highest BCUT2D eigenvalue weighted by molar-refractivity contribution is 7.92. The molecule has 0 unspecified atom stereocenters. The van der Waals surface area contributed by atoms with E-state index in [1.165, 1.54) is 29.9 Å². The Bertz CT molecular complexity index is 920. The molecule has 1 N–H and O–H groups in total. The second-order valence-electron chi connectivity index (χ2n) is 6.07. The molecule has 3 rings (SSSR count). The smallest absolute Gasteiger partial charge is 0.261 e. The Kier molecular flexibility index (Phi) is 6.00. The van der Waals surface area contributed by atoms with E-state index < -0.39 is 10.0 Å². The third-order valence-electron chi connectivity index (χ3n) is 4.10. The van der Waals surface area contributed by atoms with Crippen LogP contribution in [0.3, 0.4) is 0 Å². The molecule has 0 fully saturated rings. The molecule has 26 heavy (non-hydrogen) atoms. The molecule has 0 spiro atoms. The van der Waals surface area contributed by atoms with Gasteiger partial charge in [-0.1, -0.05) is 48.5 Å². The van der Waals surface area contributed by atoms with Crippen LogP contribution >= 0.6 is 11.5 Å². The molecule has 0 aliphatic heterocycles. The molecule has 136 valence electrons. The number of hydrogen-bond acceptors (Lipinski definition) is 5. The van der Waals surface area contributed by atoms with Gasteiger partial charge in [0, 0.05) is 16.6 Å². The van der Waals surface area contributed by atoms with Gasteiger partial charge < -0.3 is 0 Å². The fourth-order valence-corrected chi connectivity index (χ4v) is 4.15. The molecule has 0 aliphatic rings. The number of nitrogens with zero attached hydrogens (tertiary/aromatic N) is 2. The van der Waals surface area contributed by atoms with Crippen LogP contribution in [0, 0.1) is 0 Å². The summed E-state index contributed by atoms with van der Waals surface area (Å²) in [7, 11) is -3.60. The van der Waals surface area contributed by atoms with Crippen LogP contribution in [-0.2, 0) is 16.4 Å². The van der Waals surface area contributed by atoms with Gasteiger partial charge in [0.25, 0.3) is 10.0 Å². The number of aryl methyl sites for hydroxylation is 1. The Morgan fingerprint density at radius 2 is 1.73 bits per heavy atom. The van der Waals surface area contributed by atoms with Gasteiger partial charge in [0.2, 0.25) is 0 Å². The summed E-state index contributed by atoms with van der Waals surface area (Å²) >= 11 is 1.28. The van der Waals surface area contributed by atoms with E-state index in [0.717, 1.165) is 24.1 Å². The maximum Gasteiger partial charge on any atom is 0.261 e. The summed E-state index contributed by atoms with van der Waals surface area (Å²) < 4.78 is 31.6. The maximum atomic E-state index is 12.6. The van der Waals surface area contributed by atoms with E-state index >= 15 is 0 Å². The topological polar surface area (TPSA) is 72.0 Å². The monoisotopic (exact) mass is 387 g/mol. The summed E-state index contributed by atoms with van der Waals surface area (Å²) in [4.78, 5) is 0.268. The van der Waals surface area contributed by atoms with Gasteiger partial charge in [0.15, 0.2) is 0 Å². The van der Waals surface area contributed by atoms with Gasteiger partial charge in [-0.05, 0) is 54.2 Å². The molecule has 5 nitrogen and oxygen atoms in total. The van der Waals surface area contributed by atoms with Crippen LogP contribution in [0.25, 0.3) is 11.3 Å². The second-order valence-corrected chi connectivity index (χ2v) is 8.37. The van der Waals surface area contributed by atoms with Gasteiger partial charge in [0.1, 0.15) is 5.69 Å². The van der Waals surface area contributed by atoms with Crippen molar-refractivity contribution in [2.45, 2.75) is 37.5 Å². The van der Waals surface area contributed by atoms with Crippen LogP contribution < -0.4 is 4.72 Å². The molecule has 2 aromatic carbocycles. The van der Waals surface area contributed by atoms with Crippen molar-refractivity contribution in [1.82, 2.24) is 9.59 Å². The summed E-state index contributed by atoms with van der Waals surface area (Å²) in [6.07, 6.45) is 4.47. The van der Waals surface area contributed by atoms with Crippen molar-refractivity contribution in [2.24, 2.45) is 0 Å². The first-order chi connectivity index (χ1) is 12.6. The summed E-state index contributed by atoms with van der Waals surface area (Å²) in [6, 6.07) is 14.2. The molecular weight excluding hydrogens is 366 g/mol. The molecule has 0 atom stereocenters. The minimum Gasteiger partial charge on any atom is -0.280 e. The number of hydrogen-bond donors (Lipinski definition) is 1. The molecule has 0 bridgehead atoms. The van der Waals surface area contributed by atoms with Gasteiger partial charge in [-0.15, -0.1) is 5.10 Å². The van der Waals surface area contributed by atoms with Gasteiger partial charge in [0.05, 0.1) is 4.90 Å². The lowest BCUT2D eigenvalue weighted by atomic mass is 10.1. The zero-order chi connectivity index (χ0) is 18.4. The van der Waals surface area contributed by atoms with E-state index in [-0.39, 0.29) is 4.90 Å². The van der Waals surface area contributed by atoms with E-state index in [2.05, 4.69) is 21.2 Å². The van der Waals surface area contributed by atoms with Crippen molar-refractivity contribution in [3.8, 4) is 11.3 Å². The van der Waals surface area contributed by atoms with E-state index in [1.807, 2.05) is 29.6 Å². The Hall–Kier alpha value is -2.25. The summed E-state index contributed by atoms with van der Waals surface area (Å²) in [6.45, 7) is 2.17.